The number of carbonyl (C=O) groups is 2. The number of allylic oxidation sites excluding steroid dienone is 2. The van der Waals surface area contributed by atoms with E-state index in [4.69, 9.17) is 9.47 Å². The van der Waals surface area contributed by atoms with Crippen LogP contribution in [0.1, 0.15) is 207 Å². The highest BCUT2D eigenvalue weighted by atomic mass is 16.6. The van der Waals surface area contributed by atoms with Crippen LogP contribution in [0.5, 0.6) is 0 Å². The summed E-state index contributed by atoms with van der Waals surface area (Å²) in [5, 5.41) is 0. The van der Waals surface area contributed by atoms with Crippen molar-refractivity contribution in [3.63, 3.8) is 0 Å². The Morgan fingerprint density at radius 2 is 0.905 bits per heavy atom. The average Bonchev–Trinajstić information content (AvgIpc) is 2.99. The van der Waals surface area contributed by atoms with Crippen molar-refractivity contribution >= 4 is 11.9 Å². The molecule has 0 spiro atoms. The van der Waals surface area contributed by atoms with Gasteiger partial charge in [0.25, 0.3) is 0 Å². The van der Waals surface area contributed by atoms with Crippen LogP contribution in [0.2, 0.25) is 0 Å². The molecule has 0 radical (unpaired) electrons. The fraction of sp³-hybridized carbons (Fsp3) is 0.895. The van der Waals surface area contributed by atoms with Crippen LogP contribution < -0.4 is 0 Å². The zero-order chi connectivity index (χ0) is 30.8. The highest BCUT2D eigenvalue weighted by Gasteiger charge is 2.24. The molecule has 0 aliphatic carbocycles. The molecule has 4 heteroatoms. The van der Waals surface area contributed by atoms with Crippen molar-refractivity contribution in [1.82, 2.24) is 0 Å². The van der Waals surface area contributed by atoms with Gasteiger partial charge in [0, 0.05) is 6.42 Å². The predicted octanol–water partition coefficient (Wildman–Crippen LogP) is 12.4. The van der Waals surface area contributed by atoms with E-state index in [0.717, 1.165) is 44.9 Å². The summed E-state index contributed by atoms with van der Waals surface area (Å²) in [5.41, 5.74) is 0. The molecule has 0 fully saturated rings. The second-order valence-electron chi connectivity index (χ2n) is 12.5. The van der Waals surface area contributed by atoms with Crippen molar-refractivity contribution in [1.29, 1.82) is 0 Å². The maximum absolute atomic E-state index is 12.6. The van der Waals surface area contributed by atoms with Crippen molar-refractivity contribution in [3.8, 4) is 0 Å². The molecule has 0 aromatic heterocycles. The summed E-state index contributed by atoms with van der Waals surface area (Å²) in [6, 6.07) is 0. The number of carbonyl (C=O) groups excluding carboxylic acids is 2. The van der Waals surface area contributed by atoms with Gasteiger partial charge in [0.1, 0.15) is 0 Å². The lowest BCUT2D eigenvalue weighted by Gasteiger charge is -2.17. The smallest absolute Gasteiger partial charge is 0.347 e. The van der Waals surface area contributed by atoms with Crippen LogP contribution in [0.3, 0.4) is 0 Å². The van der Waals surface area contributed by atoms with E-state index in [2.05, 4.69) is 32.9 Å². The number of hydrogen-bond donors (Lipinski definition) is 0. The first-order valence-electron chi connectivity index (χ1n) is 18.7. The first-order valence-corrected chi connectivity index (χ1v) is 18.7. The Kier molecular flexibility index (Phi) is 33.1. The summed E-state index contributed by atoms with van der Waals surface area (Å²) >= 11 is 0. The third-order valence-corrected chi connectivity index (χ3v) is 8.24. The average molecular weight is 593 g/mol. The quantitative estimate of drug-likeness (QED) is 0.0432. The van der Waals surface area contributed by atoms with E-state index in [-0.39, 0.29) is 11.9 Å². The van der Waals surface area contributed by atoms with E-state index in [1.165, 1.54) is 128 Å². The summed E-state index contributed by atoms with van der Waals surface area (Å²) < 4.78 is 11.1. The second-order valence-corrected chi connectivity index (χ2v) is 12.5. The zero-order valence-corrected chi connectivity index (χ0v) is 28.6. The number of unbranched alkanes of at least 4 members (excludes halogenated alkanes) is 23. The van der Waals surface area contributed by atoms with E-state index in [1.807, 2.05) is 0 Å². The van der Waals surface area contributed by atoms with Gasteiger partial charge in [-0.2, -0.15) is 0 Å². The van der Waals surface area contributed by atoms with Crippen LogP contribution in [0.15, 0.2) is 12.2 Å². The Balaban J connectivity index is 3.95. The molecular formula is C38H72O4. The molecule has 0 N–H and O–H groups in total. The van der Waals surface area contributed by atoms with E-state index < -0.39 is 6.10 Å². The van der Waals surface area contributed by atoms with E-state index >= 15 is 0 Å². The lowest BCUT2D eigenvalue weighted by atomic mass is 10.0. The van der Waals surface area contributed by atoms with Gasteiger partial charge in [0.15, 0.2) is 6.10 Å². The summed E-state index contributed by atoms with van der Waals surface area (Å²) in [7, 11) is 0. The molecule has 0 rings (SSSR count). The minimum absolute atomic E-state index is 0.246. The van der Waals surface area contributed by atoms with Gasteiger partial charge in [0.2, 0.25) is 0 Å². The molecule has 248 valence electrons. The molecule has 0 aromatic rings. The molecular weight excluding hydrogens is 520 g/mol. The number of esters is 2. The lowest BCUT2D eigenvalue weighted by molar-refractivity contribution is -0.168. The summed E-state index contributed by atoms with van der Waals surface area (Å²) in [4.78, 5) is 25.1. The highest BCUT2D eigenvalue weighted by molar-refractivity contribution is 5.79. The van der Waals surface area contributed by atoms with Gasteiger partial charge in [-0.3, -0.25) is 4.79 Å². The van der Waals surface area contributed by atoms with Crippen LogP contribution in [0.25, 0.3) is 0 Å². The van der Waals surface area contributed by atoms with Gasteiger partial charge in [-0.25, -0.2) is 4.79 Å². The monoisotopic (exact) mass is 593 g/mol. The van der Waals surface area contributed by atoms with Crippen LogP contribution in [-0.4, -0.2) is 24.6 Å². The maximum atomic E-state index is 12.6. The fourth-order valence-corrected chi connectivity index (χ4v) is 5.36. The summed E-state index contributed by atoms with van der Waals surface area (Å²) in [5.74, 6) is -0.603. The molecule has 0 aliphatic rings. The normalized spacial score (nSPS) is 12.2. The molecule has 0 heterocycles. The topological polar surface area (TPSA) is 52.6 Å². The molecule has 0 saturated heterocycles. The third kappa shape index (κ3) is 30.1. The standard InChI is InChI=1S/C38H72O4/c1-4-7-10-12-14-16-18-20-21-22-24-26-28-30-32-34-37(39)42-36(38(40)41-35-9-6-3)33-31-29-27-25-23-19-17-15-13-11-8-5-2/h20-21,36H,4-19,22-35H2,1-3H3/b21-20-. The number of rotatable bonds is 33. The highest BCUT2D eigenvalue weighted by Crippen LogP contribution is 2.16. The molecule has 0 bridgehead atoms. The van der Waals surface area contributed by atoms with Crippen molar-refractivity contribution in [2.45, 2.75) is 213 Å². The Morgan fingerprint density at radius 1 is 0.500 bits per heavy atom. The molecule has 0 amide bonds. The Bertz CT molecular complexity index is 600. The number of hydrogen-bond acceptors (Lipinski definition) is 4. The van der Waals surface area contributed by atoms with E-state index in [9.17, 15) is 9.59 Å². The van der Waals surface area contributed by atoms with E-state index in [1.54, 1.807) is 0 Å². The molecule has 0 saturated carbocycles. The largest absolute Gasteiger partial charge is 0.463 e. The van der Waals surface area contributed by atoms with Crippen molar-refractivity contribution in [2.75, 3.05) is 6.61 Å². The Labute approximate surface area is 262 Å². The predicted molar refractivity (Wildman–Crippen MR) is 181 cm³/mol. The Morgan fingerprint density at radius 3 is 1.38 bits per heavy atom. The van der Waals surface area contributed by atoms with Crippen LogP contribution >= 0.6 is 0 Å². The maximum Gasteiger partial charge on any atom is 0.347 e. The van der Waals surface area contributed by atoms with Crippen molar-refractivity contribution < 1.29 is 19.1 Å². The first kappa shape index (κ1) is 40.7. The summed E-state index contributed by atoms with van der Waals surface area (Å²) in [6.07, 6.45) is 38.1. The van der Waals surface area contributed by atoms with Crippen LogP contribution in [0, 0.1) is 0 Å². The van der Waals surface area contributed by atoms with Gasteiger partial charge >= 0.3 is 11.9 Å². The molecule has 4 nitrogen and oxygen atoms in total. The number of ether oxygens (including phenoxy) is 2. The van der Waals surface area contributed by atoms with Gasteiger partial charge < -0.3 is 9.47 Å². The zero-order valence-electron chi connectivity index (χ0n) is 28.6. The SMILES string of the molecule is CCCCCCCC/C=C\CCCCCCCC(=O)OC(CCCCCCCCCCCCCC)C(=O)OCCCC. The molecule has 42 heavy (non-hydrogen) atoms. The molecule has 0 aliphatic heterocycles. The van der Waals surface area contributed by atoms with Crippen LogP contribution in [-0.2, 0) is 19.1 Å². The second kappa shape index (κ2) is 34.2. The first-order chi connectivity index (χ1) is 20.7. The lowest BCUT2D eigenvalue weighted by Crippen LogP contribution is -2.29. The minimum atomic E-state index is -0.736. The molecule has 0 aromatic carbocycles. The van der Waals surface area contributed by atoms with Gasteiger partial charge in [0.05, 0.1) is 6.61 Å². The van der Waals surface area contributed by atoms with Crippen molar-refractivity contribution in [3.05, 3.63) is 12.2 Å². The van der Waals surface area contributed by atoms with E-state index in [0.29, 0.717) is 19.4 Å². The molecule has 1 atom stereocenters. The van der Waals surface area contributed by atoms with Gasteiger partial charge in [-0.15, -0.1) is 0 Å². The Hall–Kier alpha value is -1.32. The van der Waals surface area contributed by atoms with Gasteiger partial charge in [-0.1, -0.05) is 161 Å². The van der Waals surface area contributed by atoms with Gasteiger partial charge in [-0.05, 0) is 51.4 Å². The van der Waals surface area contributed by atoms with Crippen molar-refractivity contribution in [2.24, 2.45) is 0 Å². The summed E-state index contributed by atoms with van der Waals surface area (Å²) in [6.45, 7) is 7.02. The molecule has 1 unspecified atom stereocenters. The minimum Gasteiger partial charge on any atom is -0.463 e. The fourth-order valence-electron chi connectivity index (χ4n) is 5.36. The van der Waals surface area contributed by atoms with Crippen LogP contribution in [0.4, 0.5) is 0 Å². The third-order valence-electron chi connectivity index (χ3n) is 8.24.